The molecule has 1 fully saturated rings. The first-order valence-corrected chi connectivity index (χ1v) is 7.54. The maximum absolute atomic E-state index is 13.7. The average molecular weight is 332 g/mol. The molecule has 1 aliphatic heterocycles. The van der Waals surface area contributed by atoms with Gasteiger partial charge in [0.2, 0.25) is 0 Å². The zero-order chi connectivity index (χ0) is 16.4. The minimum atomic E-state index is -0.886. The molecule has 0 unspecified atom stereocenters. The molecule has 7 heteroatoms. The van der Waals surface area contributed by atoms with E-state index in [9.17, 15) is 13.6 Å². The molecule has 2 rings (SSSR count). The summed E-state index contributed by atoms with van der Waals surface area (Å²) in [6.45, 7) is 3.88. The molecule has 122 valence electrons. The Morgan fingerprint density at radius 1 is 1.45 bits per heavy atom. The Kier molecular flexibility index (Phi) is 5.24. The summed E-state index contributed by atoms with van der Waals surface area (Å²) in [5, 5.41) is 2.28. The van der Waals surface area contributed by atoms with Gasteiger partial charge >= 0.3 is 6.03 Å². The van der Waals surface area contributed by atoms with Gasteiger partial charge in [-0.15, -0.1) is 0 Å². The number of carbonyl (C=O) groups is 1. The van der Waals surface area contributed by atoms with Crippen molar-refractivity contribution in [2.45, 2.75) is 19.4 Å². The molecule has 0 aromatic heterocycles. The summed E-state index contributed by atoms with van der Waals surface area (Å²) in [6, 6.07) is 1.28. The minimum absolute atomic E-state index is 0.0680. The second kappa shape index (κ2) is 6.79. The van der Waals surface area contributed by atoms with E-state index in [1.54, 1.807) is 11.9 Å². The molecule has 0 radical (unpaired) electrons. The van der Waals surface area contributed by atoms with E-state index in [1.807, 2.05) is 7.05 Å². The van der Waals surface area contributed by atoms with Crippen LogP contribution in [0, 0.1) is 17.6 Å². The van der Waals surface area contributed by atoms with E-state index in [1.165, 1.54) is 0 Å². The highest BCUT2D eigenvalue weighted by atomic mass is 35.5. The molecule has 0 aliphatic carbocycles. The number of nitrogens with one attached hydrogen (secondary N) is 1. The zero-order valence-corrected chi connectivity index (χ0v) is 13.6. The SMILES string of the molecule is C[C@@H]1CN(C)CC[C@H]1N(C)C(=O)Nc1c(F)cc(F)cc1Cl. The Morgan fingerprint density at radius 3 is 2.73 bits per heavy atom. The molecule has 22 heavy (non-hydrogen) atoms. The lowest BCUT2D eigenvalue weighted by Crippen LogP contribution is -2.50. The minimum Gasteiger partial charge on any atom is -0.324 e. The fourth-order valence-electron chi connectivity index (χ4n) is 2.92. The van der Waals surface area contributed by atoms with Gasteiger partial charge in [-0.05, 0) is 32.0 Å². The third kappa shape index (κ3) is 3.67. The maximum atomic E-state index is 13.7. The number of hydrogen-bond donors (Lipinski definition) is 1. The van der Waals surface area contributed by atoms with Crippen LogP contribution in [0.4, 0.5) is 19.3 Å². The number of benzene rings is 1. The van der Waals surface area contributed by atoms with E-state index in [-0.39, 0.29) is 16.8 Å². The maximum Gasteiger partial charge on any atom is 0.321 e. The lowest BCUT2D eigenvalue weighted by Gasteiger charge is -2.39. The molecule has 1 aromatic carbocycles. The second-order valence-electron chi connectivity index (χ2n) is 5.88. The third-order valence-electron chi connectivity index (χ3n) is 4.12. The lowest BCUT2D eigenvalue weighted by molar-refractivity contribution is 0.113. The number of urea groups is 1. The van der Waals surface area contributed by atoms with Gasteiger partial charge in [-0.2, -0.15) is 0 Å². The Hall–Kier alpha value is -1.40. The Morgan fingerprint density at radius 2 is 2.14 bits per heavy atom. The molecule has 0 spiro atoms. The molecule has 1 aliphatic rings. The van der Waals surface area contributed by atoms with Crippen LogP contribution >= 0.6 is 11.6 Å². The molecule has 0 bridgehead atoms. The molecule has 1 aromatic rings. The number of amides is 2. The number of anilines is 1. The first kappa shape index (κ1) is 17.0. The number of piperidine rings is 1. The molecule has 0 saturated carbocycles. The summed E-state index contributed by atoms with van der Waals surface area (Å²) in [6.07, 6.45) is 0.848. The summed E-state index contributed by atoms with van der Waals surface area (Å²) in [5.74, 6) is -1.36. The topological polar surface area (TPSA) is 35.6 Å². The fourth-order valence-corrected chi connectivity index (χ4v) is 3.17. The number of carbonyl (C=O) groups excluding carboxylic acids is 1. The van der Waals surface area contributed by atoms with Crippen LogP contribution in [-0.4, -0.2) is 49.1 Å². The van der Waals surface area contributed by atoms with E-state index in [4.69, 9.17) is 11.6 Å². The van der Waals surface area contributed by atoms with Crippen LogP contribution < -0.4 is 5.32 Å². The van der Waals surface area contributed by atoms with E-state index in [0.717, 1.165) is 25.6 Å². The van der Waals surface area contributed by atoms with Crippen molar-refractivity contribution in [1.29, 1.82) is 0 Å². The van der Waals surface area contributed by atoms with Gasteiger partial charge in [0.25, 0.3) is 0 Å². The quantitative estimate of drug-likeness (QED) is 0.901. The van der Waals surface area contributed by atoms with Gasteiger partial charge in [-0.1, -0.05) is 18.5 Å². The summed E-state index contributed by atoms with van der Waals surface area (Å²) in [4.78, 5) is 16.1. The summed E-state index contributed by atoms with van der Waals surface area (Å²) < 4.78 is 26.8. The van der Waals surface area contributed by atoms with Crippen LogP contribution in [0.2, 0.25) is 5.02 Å². The van der Waals surface area contributed by atoms with Gasteiger partial charge in [0, 0.05) is 25.7 Å². The van der Waals surface area contributed by atoms with Crippen molar-refractivity contribution in [3.05, 3.63) is 28.8 Å². The molecular formula is C15H20ClF2N3O. The smallest absolute Gasteiger partial charge is 0.321 e. The van der Waals surface area contributed by atoms with Crippen molar-refractivity contribution < 1.29 is 13.6 Å². The molecule has 1 N–H and O–H groups in total. The van der Waals surface area contributed by atoms with Gasteiger partial charge in [0.15, 0.2) is 5.82 Å². The van der Waals surface area contributed by atoms with Crippen molar-refractivity contribution in [1.82, 2.24) is 9.80 Å². The van der Waals surface area contributed by atoms with Gasteiger partial charge in [-0.25, -0.2) is 13.6 Å². The fraction of sp³-hybridized carbons (Fsp3) is 0.533. The van der Waals surface area contributed by atoms with Crippen molar-refractivity contribution in [3.8, 4) is 0 Å². The lowest BCUT2D eigenvalue weighted by atomic mass is 9.93. The second-order valence-corrected chi connectivity index (χ2v) is 6.29. The van der Waals surface area contributed by atoms with Gasteiger partial charge < -0.3 is 15.1 Å². The van der Waals surface area contributed by atoms with Crippen molar-refractivity contribution in [2.24, 2.45) is 5.92 Å². The van der Waals surface area contributed by atoms with Crippen LogP contribution in [-0.2, 0) is 0 Å². The van der Waals surface area contributed by atoms with Crippen LogP contribution in [0.15, 0.2) is 12.1 Å². The van der Waals surface area contributed by atoms with Crippen LogP contribution in [0.25, 0.3) is 0 Å². The van der Waals surface area contributed by atoms with Crippen LogP contribution in [0.5, 0.6) is 0 Å². The monoisotopic (exact) mass is 331 g/mol. The summed E-state index contributed by atoms with van der Waals surface area (Å²) >= 11 is 5.80. The first-order chi connectivity index (χ1) is 10.3. The van der Waals surface area contributed by atoms with Crippen molar-refractivity contribution in [3.63, 3.8) is 0 Å². The predicted octanol–water partition coefficient (Wildman–Crippen LogP) is 3.42. The normalized spacial score (nSPS) is 22.5. The summed E-state index contributed by atoms with van der Waals surface area (Å²) in [7, 11) is 3.72. The number of likely N-dealkylation sites (tertiary alicyclic amines) is 1. The van der Waals surface area contributed by atoms with E-state index in [2.05, 4.69) is 17.1 Å². The van der Waals surface area contributed by atoms with Gasteiger partial charge in [0.1, 0.15) is 5.82 Å². The van der Waals surface area contributed by atoms with Crippen LogP contribution in [0.3, 0.4) is 0 Å². The highest BCUT2D eigenvalue weighted by Gasteiger charge is 2.30. The Labute approximate surface area is 134 Å². The Bertz CT molecular complexity index is 547. The third-order valence-corrected chi connectivity index (χ3v) is 4.42. The zero-order valence-electron chi connectivity index (χ0n) is 12.9. The predicted molar refractivity (Wildman–Crippen MR) is 83.2 cm³/mol. The van der Waals surface area contributed by atoms with Crippen molar-refractivity contribution >= 4 is 23.3 Å². The summed E-state index contributed by atoms with van der Waals surface area (Å²) in [5.41, 5.74) is -0.194. The number of halogens is 3. The van der Waals surface area contributed by atoms with E-state index >= 15 is 0 Å². The molecule has 1 heterocycles. The first-order valence-electron chi connectivity index (χ1n) is 7.16. The molecule has 1 saturated heterocycles. The van der Waals surface area contributed by atoms with E-state index < -0.39 is 17.7 Å². The number of nitrogens with zero attached hydrogens (tertiary/aromatic N) is 2. The number of hydrogen-bond acceptors (Lipinski definition) is 2. The van der Waals surface area contributed by atoms with Gasteiger partial charge in [-0.3, -0.25) is 0 Å². The number of rotatable bonds is 2. The highest BCUT2D eigenvalue weighted by Crippen LogP contribution is 2.27. The molecular weight excluding hydrogens is 312 g/mol. The molecule has 4 nitrogen and oxygen atoms in total. The standard InChI is InChI=1S/C15H20ClF2N3O/c1-9-8-20(2)5-4-13(9)21(3)15(22)19-14-11(16)6-10(17)7-12(14)18/h6-7,9,13H,4-5,8H2,1-3H3,(H,19,22)/t9-,13-/m1/s1. The highest BCUT2D eigenvalue weighted by molar-refractivity contribution is 6.33. The van der Waals surface area contributed by atoms with E-state index in [0.29, 0.717) is 12.0 Å². The Balaban J connectivity index is 2.09. The van der Waals surface area contributed by atoms with Crippen molar-refractivity contribution in [2.75, 3.05) is 32.5 Å². The largest absolute Gasteiger partial charge is 0.324 e. The van der Waals surface area contributed by atoms with Gasteiger partial charge in [0.05, 0.1) is 10.7 Å². The molecule has 2 amide bonds. The average Bonchev–Trinajstić information content (AvgIpc) is 2.41. The van der Waals surface area contributed by atoms with Crippen LogP contribution in [0.1, 0.15) is 13.3 Å². The molecule has 2 atom stereocenters.